The summed E-state index contributed by atoms with van der Waals surface area (Å²) in [6, 6.07) is 0. The Morgan fingerprint density at radius 1 is 0.938 bits per heavy atom. The maximum absolute atomic E-state index is 10.3. The molecule has 0 N–H and O–H groups in total. The highest BCUT2D eigenvalue weighted by Gasteiger charge is 2.06. The Labute approximate surface area is 93.9 Å². The highest BCUT2D eigenvalue weighted by molar-refractivity contribution is 6.32. The lowest BCUT2D eigenvalue weighted by atomic mass is 10.4. The zero-order valence-corrected chi connectivity index (χ0v) is 9.86. The van der Waals surface area contributed by atoms with Crippen LogP contribution in [0.1, 0.15) is 27.2 Å². The molecule has 92 valence electrons. The van der Waals surface area contributed by atoms with Crippen LogP contribution < -0.4 is 0 Å². The number of ether oxygens (including phenoxy) is 2. The summed E-state index contributed by atoms with van der Waals surface area (Å²) in [5.74, 6) is -2.64. The molecular weight excluding hydrogens is 216 g/mol. The summed E-state index contributed by atoms with van der Waals surface area (Å²) in [5, 5.41) is 0. The van der Waals surface area contributed by atoms with Crippen LogP contribution in [0.4, 0.5) is 0 Å². The predicted molar refractivity (Wildman–Crippen MR) is 54.6 cm³/mol. The third-order valence-electron chi connectivity index (χ3n) is 1.20. The number of ketones is 2. The van der Waals surface area contributed by atoms with E-state index in [-0.39, 0.29) is 0 Å². The molecule has 0 aliphatic carbocycles. The molecule has 0 saturated carbocycles. The molecule has 0 rings (SSSR count). The van der Waals surface area contributed by atoms with E-state index in [1.54, 1.807) is 0 Å². The second-order valence-corrected chi connectivity index (χ2v) is 2.74. The summed E-state index contributed by atoms with van der Waals surface area (Å²) >= 11 is 0. The molecule has 0 fully saturated rings. The van der Waals surface area contributed by atoms with E-state index in [4.69, 9.17) is 0 Å². The lowest BCUT2D eigenvalue weighted by molar-refractivity contribution is -0.152. The Kier molecular flexibility index (Phi) is 10.3. The summed E-state index contributed by atoms with van der Waals surface area (Å²) in [6.07, 6.45) is 0.749. The smallest absolute Gasteiger partial charge is 0.374 e. The van der Waals surface area contributed by atoms with Gasteiger partial charge in [-0.3, -0.25) is 9.59 Å². The predicted octanol–water partition coefficient (Wildman–Crippen LogP) is 0.277. The lowest BCUT2D eigenvalue weighted by Gasteiger charge is -1.96. The van der Waals surface area contributed by atoms with Gasteiger partial charge in [0.2, 0.25) is 11.6 Å². The van der Waals surface area contributed by atoms with Gasteiger partial charge in [0.1, 0.15) is 0 Å². The molecule has 0 bridgehead atoms. The van der Waals surface area contributed by atoms with Crippen LogP contribution in [-0.4, -0.2) is 37.2 Å². The van der Waals surface area contributed by atoms with Crippen LogP contribution in [0.2, 0.25) is 0 Å². The Morgan fingerprint density at radius 2 is 1.38 bits per heavy atom. The maximum Gasteiger partial charge on any atom is 0.374 e. The summed E-state index contributed by atoms with van der Waals surface area (Å²) in [7, 11) is 1.17. The van der Waals surface area contributed by atoms with Gasteiger partial charge in [-0.25, -0.2) is 9.59 Å². The van der Waals surface area contributed by atoms with E-state index in [0.717, 1.165) is 13.3 Å². The normalized spacial score (nSPS) is 8.25. The van der Waals surface area contributed by atoms with Crippen LogP contribution >= 0.6 is 0 Å². The average Bonchev–Trinajstić information content (AvgIpc) is 2.25. The van der Waals surface area contributed by atoms with Gasteiger partial charge in [0, 0.05) is 13.8 Å². The summed E-state index contributed by atoms with van der Waals surface area (Å²) in [6.45, 7) is 4.55. The van der Waals surface area contributed by atoms with E-state index in [1.165, 1.54) is 14.0 Å². The fourth-order valence-electron chi connectivity index (χ4n) is 0.440. The number of carbonyl (C=O) groups excluding carboxylic acids is 4. The SMILES string of the molecule is CCCOC(=O)C(C)=O.COC(=O)C(C)=O. The van der Waals surface area contributed by atoms with Gasteiger partial charge in [-0.2, -0.15) is 0 Å². The van der Waals surface area contributed by atoms with Crippen molar-refractivity contribution in [2.45, 2.75) is 27.2 Å². The first-order valence-corrected chi connectivity index (χ1v) is 4.63. The first-order valence-electron chi connectivity index (χ1n) is 4.63. The van der Waals surface area contributed by atoms with Gasteiger partial charge in [0.25, 0.3) is 0 Å². The van der Waals surface area contributed by atoms with Crippen molar-refractivity contribution >= 4 is 23.5 Å². The second kappa shape index (κ2) is 9.82. The molecule has 0 aliphatic heterocycles. The molecular formula is C10H16O6. The second-order valence-electron chi connectivity index (χ2n) is 2.74. The summed E-state index contributed by atoms with van der Waals surface area (Å²) in [4.78, 5) is 40.3. The fraction of sp³-hybridized carbons (Fsp3) is 0.600. The van der Waals surface area contributed by atoms with Gasteiger partial charge in [-0.15, -0.1) is 0 Å². The number of hydrogen-bond acceptors (Lipinski definition) is 6. The number of hydrogen-bond donors (Lipinski definition) is 0. The van der Waals surface area contributed by atoms with Crippen LogP contribution in [0.25, 0.3) is 0 Å². The Bertz CT molecular complexity index is 268. The molecule has 0 aromatic heterocycles. The minimum absolute atomic E-state index is 0.332. The van der Waals surface area contributed by atoms with E-state index in [1.807, 2.05) is 6.92 Å². The summed E-state index contributed by atoms with van der Waals surface area (Å²) < 4.78 is 8.49. The topological polar surface area (TPSA) is 86.7 Å². The van der Waals surface area contributed by atoms with Gasteiger partial charge in [0.15, 0.2) is 0 Å². The molecule has 6 nitrogen and oxygen atoms in total. The van der Waals surface area contributed by atoms with E-state index >= 15 is 0 Å². The van der Waals surface area contributed by atoms with Gasteiger partial charge >= 0.3 is 11.9 Å². The van der Waals surface area contributed by atoms with Crippen molar-refractivity contribution in [1.29, 1.82) is 0 Å². The average molecular weight is 232 g/mol. The van der Waals surface area contributed by atoms with E-state index in [2.05, 4.69) is 9.47 Å². The van der Waals surface area contributed by atoms with Crippen LogP contribution in [0.15, 0.2) is 0 Å². The molecule has 0 heterocycles. The molecule has 0 amide bonds. The summed E-state index contributed by atoms with van der Waals surface area (Å²) in [5.41, 5.74) is 0. The number of methoxy groups -OCH3 is 1. The highest BCUT2D eigenvalue weighted by atomic mass is 16.5. The molecule has 0 unspecified atom stereocenters. The molecule has 6 heteroatoms. The van der Waals surface area contributed by atoms with Crippen molar-refractivity contribution in [3.05, 3.63) is 0 Å². The number of rotatable bonds is 4. The monoisotopic (exact) mass is 232 g/mol. The third-order valence-corrected chi connectivity index (χ3v) is 1.20. The Morgan fingerprint density at radius 3 is 1.56 bits per heavy atom. The van der Waals surface area contributed by atoms with Crippen LogP contribution in [0, 0.1) is 0 Å². The largest absolute Gasteiger partial charge is 0.463 e. The van der Waals surface area contributed by atoms with E-state index in [0.29, 0.717) is 6.61 Å². The van der Waals surface area contributed by atoms with Crippen molar-refractivity contribution in [2.75, 3.05) is 13.7 Å². The number of carbonyl (C=O) groups is 4. The maximum atomic E-state index is 10.3. The van der Waals surface area contributed by atoms with Gasteiger partial charge in [-0.1, -0.05) is 6.92 Å². The molecule has 0 atom stereocenters. The Hall–Kier alpha value is -1.72. The van der Waals surface area contributed by atoms with Crippen molar-refractivity contribution in [1.82, 2.24) is 0 Å². The van der Waals surface area contributed by atoms with Crippen LogP contribution in [0.5, 0.6) is 0 Å². The lowest BCUT2D eigenvalue weighted by Crippen LogP contribution is -2.13. The molecule has 16 heavy (non-hydrogen) atoms. The van der Waals surface area contributed by atoms with E-state index < -0.39 is 23.5 Å². The zero-order valence-electron chi connectivity index (χ0n) is 9.86. The Balaban J connectivity index is 0. The minimum atomic E-state index is -0.792. The standard InChI is InChI=1S/C6H10O3.C4H6O3/c1-3-4-9-6(8)5(2)7;1-3(5)4(6)7-2/h3-4H2,1-2H3;1-2H3. The van der Waals surface area contributed by atoms with Gasteiger partial charge < -0.3 is 9.47 Å². The van der Waals surface area contributed by atoms with E-state index in [9.17, 15) is 19.2 Å². The zero-order chi connectivity index (χ0) is 13.1. The molecule has 0 aromatic rings. The number of esters is 2. The molecule has 0 radical (unpaired) electrons. The third kappa shape index (κ3) is 10.4. The first kappa shape index (κ1) is 16.7. The fourth-order valence-corrected chi connectivity index (χ4v) is 0.440. The molecule has 0 saturated heterocycles. The van der Waals surface area contributed by atoms with Crippen molar-refractivity contribution in [3.63, 3.8) is 0 Å². The highest BCUT2D eigenvalue weighted by Crippen LogP contribution is 1.82. The van der Waals surface area contributed by atoms with Crippen molar-refractivity contribution < 1.29 is 28.7 Å². The van der Waals surface area contributed by atoms with Gasteiger partial charge in [-0.05, 0) is 6.42 Å². The quantitative estimate of drug-likeness (QED) is 0.511. The van der Waals surface area contributed by atoms with Crippen molar-refractivity contribution in [3.8, 4) is 0 Å². The molecule has 0 spiro atoms. The van der Waals surface area contributed by atoms with Gasteiger partial charge in [0.05, 0.1) is 13.7 Å². The number of Topliss-reactive ketones (excluding diaryl/α,β-unsaturated/α-hetero) is 2. The first-order chi connectivity index (χ1) is 7.36. The molecule has 0 aromatic carbocycles. The van der Waals surface area contributed by atoms with Crippen LogP contribution in [0.3, 0.4) is 0 Å². The molecule has 0 aliphatic rings. The van der Waals surface area contributed by atoms with Crippen LogP contribution in [-0.2, 0) is 28.7 Å². The van der Waals surface area contributed by atoms with Crippen molar-refractivity contribution in [2.24, 2.45) is 0 Å². The minimum Gasteiger partial charge on any atom is -0.463 e.